The van der Waals surface area contributed by atoms with E-state index in [1.165, 1.54) is 0 Å². The van der Waals surface area contributed by atoms with Gasteiger partial charge in [0.05, 0.1) is 12.0 Å². The standard InChI is InChI=1S/C7H10O2/c1-3-7(2)4-5-9-6(7)8/h3H,1,4-5H2,2H3. The number of hydrogen-bond donors (Lipinski definition) is 0. The summed E-state index contributed by atoms with van der Waals surface area (Å²) in [4.78, 5) is 10.8. The third-order valence-corrected chi connectivity index (χ3v) is 1.77. The van der Waals surface area contributed by atoms with Gasteiger partial charge in [0.1, 0.15) is 0 Å². The molecule has 0 radical (unpaired) electrons. The van der Waals surface area contributed by atoms with Gasteiger partial charge in [-0.25, -0.2) is 0 Å². The number of hydrogen-bond acceptors (Lipinski definition) is 2. The largest absolute Gasteiger partial charge is 0.465 e. The Morgan fingerprint density at radius 1 is 1.89 bits per heavy atom. The molecule has 9 heavy (non-hydrogen) atoms. The topological polar surface area (TPSA) is 26.3 Å². The van der Waals surface area contributed by atoms with E-state index in [1.807, 2.05) is 6.92 Å². The summed E-state index contributed by atoms with van der Waals surface area (Å²) < 4.78 is 4.75. The molecule has 0 aromatic carbocycles. The molecule has 2 heteroatoms. The second-order valence-electron chi connectivity index (χ2n) is 2.51. The number of cyclic esters (lactones) is 1. The van der Waals surface area contributed by atoms with Gasteiger partial charge in [0.25, 0.3) is 0 Å². The van der Waals surface area contributed by atoms with Crippen molar-refractivity contribution in [1.29, 1.82) is 0 Å². The van der Waals surface area contributed by atoms with Crippen LogP contribution in [-0.4, -0.2) is 12.6 Å². The summed E-state index contributed by atoms with van der Waals surface area (Å²) in [6, 6.07) is 0. The molecule has 1 unspecified atom stereocenters. The number of ether oxygens (including phenoxy) is 1. The highest BCUT2D eigenvalue weighted by atomic mass is 16.5. The van der Waals surface area contributed by atoms with E-state index in [2.05, 4.69) is 6.58 Å². The number of carbonyl (C=O) groups is 1. The summed E-state index contributed by atoms with van der Waals surface area (Å²) in [6.45, 7) is 5.95. The predicted octanol–water partition coefficient (Wildman–Crippen LogP) is 1.13. The average molecular weight is 126 g/mol. The van der Waals surface area contributed by atoms with Gasteiger partial charge in [-0.1, -0.05) is 6.08 Å². The highest BCUT2D eigenvalue weighted by Gasteiger charge is 2.36. The minimum absolute atomic E-state index is 0.141. The van der Waals surface area contributed by atoms with E-state index in [0.29, 0.717) is 6.61 Å². The first-order valence-electron chi connectivity index (χ1n) is 3.00. The van der Waals surface area contributed by atoms with Crippen molar-refractivity contribution >= 4 is 5.97 Å². The van der Waals surface area contributed by atoms with Crippen molar-refractivity contribution in [3.8, 4) is 0 Å². The normalized spacial score (nSPS) is 34.1. The van der Waals surface area contributed by atoms with Crippen LogP contribution < -0.4 is 0 Å². The Morgan fingerprint density at radius 3 is 2.78 bits per heavy atom. The van der Waals surface area contributed by atoms with Crippen LogP contribution in [0.2, 0.25) is 0 Å². The van der Waals surface area contributed by atoms with Crippen molar-refractivity contribution in [2.24, 2.45) is 5.41 Å². The SMILES string of the molecule is C=CC1(C)CCOC1=O. The van der Waals surface area contributed by atoms with E-state index in [4.69, 9.17) is 4.74 Å². The lowest BCUT2D eigenvalue weighted by molar-refractivity contribution is -0.143. The molecule has 0 aromatic rings. The Kier molecular flexibility index (Phi) is 1.31. The highest BCUT2D eigenvalue weighted by Crippen LogP contribution is 2.29. The molecule has 1 aliphatic heterocycles. The quantitative estimate of drug-likeness (QED) is 0.389. The molecule has 0 aliphatic carbocycles. The Morgan fingerprint density at radius 2 is 2.56 bits per heavy atom. The van der Waals surface area contributed by atoms with Crippen LogP contribution in [0.1, 0.15) is 13.3 Å². The number of esters is 1. The summed E-state index contributed by atoms with van der Waals surface area (Å²) in [7, 11) is 0. The predicted molar refractivity (Wildman–Crippen MR) is 33.9 cm³/mol. The zero-order valence-electron chi connectivity index (χ0n) is 5.52. The lowest BCUT2D eigenvalue weighted by Gasteiger charge is -2.10. The molecule has 0 amide bonds. The van der Waals surface area contributed by atoms with Crippen molar-refractivity contribution in [1.82, 2.24) is 0 Å². The van der Waals surface area contributed by atoms with Crippen LogP contribution >= 0.6 is 0 Å². The number of rotatable bonds is 1. The lowest BCUT2D eigenvalue weighted by atomic mass is 9.90. The second kappa shape index (κ2) is 1.87. The highest BCUT2D eigenvalue weighted by molar-refractivity contribution is 5.80. The zero-order chi connectivity index (χ0) is 6.91. The van der Waals surface area contributed by atoms with Crippen molar-refractivity contribution in [3.05, 3.63) is 12.7 Å². The Balaban J connectivity index is 2.78. The molecule has 0 N–H and O–H groups in total. The van der Waals surface area contributed by atoms with E-state index >= 15 is 0 Å². The van der Waals surface area contributed by atoms with E-state index in [0.717, 1.165) is 6.42 Å². The molecule has 1 heterocycles. The summed E-state index contributed by atoms with van der Waals surface area (Å²) >= 11 is 0. The van der Waals surface area contributed by atoms with Crippen molar-refractivity contribution < 1.29 is 9.53 Å². The molecule has 0 saturated carbocycles. The molecule has 1 saturated heterocycles. The Bertz CT molecular complexity index is 151. The zero-order valence-corrected chi connectivity index (χ0v) is 5.52. The van der Waals surface area contributed by atoms with E-state index in [-0.39, 0.29) is 5.97 Å². The maximum Gasteiger partial charge on any atom is 0.315 e. The fourth-order valence-electron chi connectivity index (χ4n) is 0.808. The van der Waals surface area contributed by atoms with Gasteiger partial charge in [0.15, 0.2) is 0 Å². The van der Waals surface area contributed by atoms with Crippen molar-refractivity contribution in [3.63, 3.8) is 0 Å². The lowest BCUT2D eigenvalue weighted by Crippen LogP contribution is -2.18. The second-order valence-corrected chi connectivity index (χ2v) is 2.51. The van der Waals surface area contributed by atoms with Gasteiger partial charge < -0.3 is 4.74 Å². The molecular weight excluding hydrogens is 116 g/mol. The molecule has 1 atom stereocenters. The minimum atomic E-state index is -0.403. The first-order valence-corrected chi connectivity index (χ1v) is 3.00. The molecule has 1 aliphatic rings. The minimum Gasteiger partial charge on any atom is -0.465 e. The van der Waals surface area contributed by atoms with Crippen LogP contribution in [0.4, 0.5) is 0 Å². The Labute approximate surface area is 54.5 Å². The summed E-state index contributed by atoms with van der Waals surface area (Å²) in [5, 5.41) is 0. The van der Waals surface area contributed by atoms with E-state index in [1.54, 1.807) is 6.08 Å². The average Bonchev–Trinajstić information content (AvgIpc) is 2.15. The van der Waals surface area contributed by atoms with Gasteiger partial charge in [-0.05, 0) is 6.92 Å². The Hall–Kier alpha value is -0.790. The van der Waals surface area contributed by atoms with Crippen LogP contribution in [0, 0.1) is 5.41 Å². The van der Waals surface area contributed by atoms with Crippen LogP contribution in [-0.2, 0) is 9.53 Å². The first kappa shape index (κ1) is 6.33. The van der Waals surface area contributed by atoms with Gasteiger partial charge in [0, 0.05) is 6.42 Å². The maximum atomic E-state index is 10.8. The summed E-state index contributed by atoms with van der Waals surface area (Å²) in [5.74, 6) is -0.141. The van der Waals surface area contributed by atoms with Gasteiger partial charge in [0.2, 0.25) is 0 Å². The molecule has 50 valence electrons. The molecule has 0 spiro atoms. The number of carbonyl (C=O) groups excluding carboxylic acids is 1. The third-order valence-electron chi connectivity index (χ3n) is 1.77. The van der Waals surface area contributed by atoms with Gasteiger partial charge in [-0.3, -0.25) is 4.79 Å². The van der Waals surface area contributed by atoms with Crippen molar-refractivity contribution in [2.45, 2.75) is 13.3 Å². The molecule has 0 aromatic heterocycles. The maximum absolute atomic E-state index is 10.8. The molecule has 1 rings (SSSR count). The fraction of sp³-hybridized carbons (Fsp3) is 0.571. The van der Waals surface area contributed by atoms with Gasteiger partial charge in [-0.2, -0.15) is 0 Å². The van der Waals surface area contributed by atoms with Crippen molar-refractivity contribution in [2.75, 3.05) is 6.61 Å². The summed E-state index contributed by atoms with van der Waals surface area (Å²) in [6.07, 6.45) is 2.43. The molecular formula is C7H10O2. The van der Waals surface area contributed by atoms with Gasteiger partial charge in [-0.15, -0.1) is 6.58 Å². The molecule has 1 fully saturated rings. The smallest absolute Gasteiger partial charge is 0.315 e. The van der Waals surface area contributed by atoms with Crippen LogP contribution in [0.15, 0.2) is 12.7 Å². The third kappa shape index (κ3) is 0.846. The van der Waals surface area contributed by atoms with E-state index < -0.39 is 5.41 Å². The van der Waals surface area contributed by atoms with Crippen LogP contribution in [0.5, 0.6) is 0 Å². The van der Waals surface area contributed by atoms with Crippen LogP contribution in [0.3, 0.4) is 0 Å². The summed E-state index contributed by atoms with van der Waals surface area (Å²) in [5.41, 5.74) is -0.403. The molecule has 2 nitrogen and oxygen atoms in total. The van der Waals surface area contributed by atoms with Gasteiger partial charge >= 0.3 is 5.97 Å². The molecule has 0 bridgehead atoms. The van der Waals surface area contributed by atoms with Crippen LogP contribution in [0.25, 0.3) is 0 Å². The first-order chi connectivity index (χ1) is 4.19. The fourth-order valence-corrected chi connectivity index (χ4v) is 0.808. The monoisotopic (exact) mass is 126 g/mol. The van der Waals surface area contributed by atoms with E-state index in [9.17, 15) is 4.79 Å².